The van der Waals surface area contributed by atoms with E-state index in [1.807, 2.05) is 0 Å². The molecule has 0 aromatic heterocycles. The summed E-state index contributed by atoms with van der Waals surface area (Å²) in [7, 11) is 2.37. The van der Waals surface area contributed by atoms with Crippen molar-refractivity contribution in [1.82, 2.24) is 4.90 Å². The molecule has 0 atom stereocenters. The van der Waals surface area contributed by atoms with Crippen molar-refractivity contribution in [2.24, 2.45) is 0 Å². The molecular weight excluding hydrogens is 368 g/mol. The van der Waals surface area contributed by atoms with Gasteiger partial charge in [0.1, 0.15) is 0 Å². The molecule has 0 bridgehead atoms. The van der Waals surface area contributed by atoms with Crippen LogP contribution >= 0.6 is 26.6 Å². The maximum absolute atomic E-state index is 12.2. The number of amides is 1. The van der Waals surface area contributed by atoms with Gasteiger partial charge in [0.05, 0.1) is 11.4 Å². The van der Waals surface area contributed by atoms with Crippen molar-refractivity contribution in [2.75, 3.05) is 13.6 Å². The first-order chi connectivity index (χ1) is 8.61. The van der Waals surface area contributed by atoms with E-state index in [0.29, 0.717) is 4.47 Å². The lowest BCUT2D eigenvalue weighted by molar-refractivity contribution is 0.0620. The molecule has 0 aliphatic rings. The highest BCUT2D eigenvalue weighted by Crippen LogP contribution is 2.23. The molecule has 1 aromatic carbocycles. The molecule has 0 saturated carbocycles. The summed E-state index contributed by atoms with van der Waals surface area (Å²) in [5.74, 6) is -0.719. The summed E-state index contributed by atoms with van der Waals surface area (Å²) in [6.07, 6.45) is -2.67. The average Bonchev–Trinajstić information content (AvgIpc) is 2.25. The van der Waals surface area contributed by atoms with Crippen LogP contribution in [0.5, 0.6) is 0 Å². The Hall–Kier alpha value is -0.730. The molecule has 19 heavy (non-hydrogen) atoms. The minimum Gasteiger partial charge on any atom is -0.336 e. The minimum absolute atomic E-state index is 0.0447. The van der Waals surface area contributed by atoms with Gasteiger partial charge in [0.25, 0.3) is 21.4 Å². The number of carbonyl (C=O) groups is 1. The zero-order valence-corrected chi connectivity index (χ0v) is 12.8. The fraction of sp³-hybridized carbons (Fsp3) is 0.300. The highest BCUT2D eigenvalue weighted by atomic mass is 79.9. The van der Waals surface area contributed by atoms with Gasteiger partial charge >= 0.3 is 0 Å². The maximum atomic E-state index is 12.2. The predicted octanol–water partition coefficient (Wildman–Crippen LogP) is 2.71. The highest BCUT2D eigenvalue weighted by molar-refractivity contribution is 9.10. The van der Waals surface area contributed by atoms with Crippen molar-refractivity contribution < 1.29 is 22.0 Å². The topological polar surface area (TPSA) is 54.5 Å². The Morgan fingerprint density at radius 2 is 2.00 bits per heavy atom. The number of benzene rings is 1. The molecule has 4 nitrogen and oxygen atoms in total. The Labute approximate surface area is 121 Å². The molecule has 1 aromatic rings. The number of alkyl halides is 2. The molecule has 0 spiro atoms. The Morgan fingerprint density at radius 3 is 2.47 bits per heavy atom. The molecule has 9 heteroatoms. The van der Waals surface area contributed by atoms with Crippen LogP contribution in [-0.2, 0) is 9.05 Å². The van der Waals surface area contributed by atoms with Crippen LogP contribution in [0.3, 0.4) is 0 Å². The molecule has 0 unspecified atom stereocenters. The lowest BCUT2D eigenvalue weighted by Crippen LogP contribution is -2.31. The first-order valence-corrected chi connectivity index (χ1v) is 8.00. The number of nitrogens with zero attached hydrogens (tertiary/aromatic N) is 1. The van der Waals surface area contributed by atoms with Crippen molar-refractivity contribution >= 4 is 41.6 Å². The van der Waals surface area contributed by atoms with Crippen LogP contribution in [0.25, 0.3) is 0 Å². The summed E-state index contributed by atoms with van der Waals surface area (Å²) in [4.78, 5) is 12.4. The summed E-state index contributed by atoms with van der Waals surface area (Å²) in [5, 5.41) is 0. The van der Waals surface area contributed by atoms with E-state index >= 15 is 0 Å². The molecule has 1 rings (SSSR count). The molecule has 0 radical (unpaired) electrons. The maximum Gasteiger partial charge on any atom is 0.261 e. The molecule has 0 aliphatic carbocycles. The van der Waals surface area contributed by atoms with Crippen LogP contribution in [0, 0.1) is 0 Å². The molecular formula is C10H9BrClF2NO3S. The summed E-state index contributed by atoms with van der Waals surface area (Å²) in [5.41, 5.74) is -0.0447. The fourth-order valence-corrected chi connectivity index (χ4v) is 2.78. The van der Waals surface area contributed by atoms with Crippen LogP contribution in [0.2, 0.25) is 0 Å². The number of halogens is 4. The number of rotatable bonds is 4. The van der Waals surface area contributed by atoms with Crippen LogP contribution in [-0.4, -0.2) is 39.2 Å². The Bertz CT molecular complexity index is 594. The van der Waals surface area contributed by atoms with E-state index in [4.69, 9.17) is 10.7 Å². The highest BCUT2D eigenvalue weighted by Gasteiger charge is 2.19. The van der Waals surface area contributed by atoms with E-state index in [1.54, 1.807) is 0 Å². The van der Waals surface area contributed by atoms with E-state index < -0.39 is 27.9 Å². The van der Waals surface area contributed by atoms with Crippen molar-refractivity contribution in [3.63, 3.8) is 0 Å². The zero-order chi connectivity index (χ0) is 14.8. The molecule has 1 amide bonds. The quantitative estimate of drug-likeness (QED) is 0.759. The van der Waals surface area contributed by atoms with Gasteiger partial charge in [0, 0.05) is 27.8 Å². The Balaban J connectivity index is 3.14. The van der Waals surface area contributed by atoms with Gasteiger partial charge < -0.3 is 4.90 Å². The van der Waals surface area contributed by atoms with Gasteiger partial charge in [0.15, 0.2) is 0 Å². The first-order valence-electron chi connectivity index (χ1n) is 4.90. The van der Waals surface area contributed by atoms with Gasteiger partial charge in [-0.25, -0.2) is 17.2 Å². The monoisotopic (exact) mass is 375 g/mol. The second-order valence-corrected chi connectivity index (χ2v) is 7.17. The smallest absolute Gasteiger partial charge is 0.261 e. The summed E-state index contributed by atoms with van der Waals surface area (Å²) >= 11 is 3.03. The van der Waals surface area contributed by atoms with E-state index in [0.717, 1.165) is 11.0 Å². The predicted molar refractivity (Wildman–Crippen MR) is 70.1 cm³/mol. The zero-order valence-electron chi connectivity index (χ0n) is 9.61. The summed E-state index contributed by atoms with van der Waals surface area (Å²) < 4.78 is 47.1. The second-order valence-electron chi connectivity index (χ2n) is 3.69. The molecule has 106 valence electrons. The largest absolute Gasteiger partial charge is 0.336 e. The lowest BCUT2D eigenvalue weighted by Gasteiger charge is -2.17. The number of hydrogen-bond donors (Lipinski definition) is 0. The van der Waals surface area contributed by atoms with Gasteiger partial charge in [-0.1, -0.05) is 15.9 Å². The van der Waals surface area contributed by atoms with Crippen LogP contribution in [0.15, 0.2) is 27.6 Å². The average molecular weight is 377 g/mol. The molecule has 0 aliphatic heterocycles. The van der Waals surface area contributed by atoms with E-state index in [-0.39, 0.29) is 10.5 Å². The third-order valence-electron chi connectivity index (χ3n) is 2.16. The third kappa shape index (κ3) is 4.70. The van der Waals surface area contributed by atoms with Gasteiger partial charge in [-0.15, -0.1) is 0 Å². The number of carbonyl (C=O) groups excluding carboxylic acids is 1. The van der Waals surface area contributed by atoms with Crippen LogP contribution < -0.4 is 0 Å². The molecule has 0 heterocycles. The molecule has 0 N–H and O–H groups in total. The standard InChI is InChI=1S/C10H9BrClF2NO3S/c1-15(5-9(13)14)10(16)6-2-7(11)4-8(3-6)19(12,17)18/h2-4,9H,5H2,1H3. The summed E-state index contributed by atoms with van der Waals surface area (Å²) in [6.45, 7) is -0.742. The SMILES string of the molecule is CN(CC(F)F)C(=O)c1cc(Br)cc(S(=O)(=O)Cl)c1. The molecule has 0 saturated heterocycles. The summed E-state index contributed by atoms with van der Waals surface area (Å²) in [6, 6.07) is 3.58. The first kappa shape index (κ1) is 16.3. The Kier molecular flexibility index (Phi) is 5.28. The van der Waals surface area contributed by atoms with Gasteiger partial charge in [0.2, 0.25) is 0 Å². The van der Waals surface area contributed by atoms with Crippen molar-refractivity contribution in [1.29, 1.82) is 0 Å². The van der Waals surface area contributed by atoms with E-state index in [1.165, 1.54) is 19.2 Å². The lowest BCUT2D eigenvalue weighted by atomic mass is 10.2. The normalized spacial score (nSPS) is 11.7. The third-order valence-corrected chi connectivity index (χ3v) is 3.95. The minimum atomic E-state index is -4.01. The Morgan fingerprint density at radius 1 is 1.42 bits per heavy atom. The van der Waals surface area contributed by atoms with Gasteiger partial charge in [-0.3, -0.25) is 4.79 Å². The molecule has 0 fully saturated rings. The van der Waals surface area contributed by atoms with Crippen molar-refractivity contribution in [2.45, 2.75) is 11.3 Å². The van der Waals surface area contributed by atoms with Crippen LogP contribution in [0.1, 0.15) is 10.4 Å². The van der Waals surface area contributed by atoms with Crippen LogP contribution in [0.4, 0.5) is 8.78 Å². The van der Waals surface area contributed by atoms with Gasteiger partial charge in [-0.05, 0) is 18.2 Å². The number of hydrogen-bond acceptors (Lipinski definition) is 3. The van der Waals surface area contributed by atoms with E-state index in [2.05, 4.69) is 15.9 Å². The van der Waals surface area contributed by atoms with Crippen molar-refractivity contribution in [3.8, 4) is 0 Å². The van der Waals surface area contributed by atoms with Crippen molar-refractivity contribution in [3.05, 3.63) is 28.2 Å². The van der Waals surface area contributed by atoms with Gasteiger partial charge in [-0.2, -0.15) is 0 Å². The second kappa shape index (κ2) is 6.15. The van der Waals surface area contributed by atoms with E-state index in [9.17, 15) is 22.0 Å². The fourth-order valence-electron chi connectivity index (χ4n) is 1.34.